The minimum absolute atomic E-state index is 0.0569. The summed E-state index contributed by atoms with van der Waals surface area (Å²) in [7, 11) is 0. The Balaban J connectivity index is 1.78. The molecule has 1 atom stereocenters. The van der Waals surface area contributed by atoms with Crippen molar-refractivity contribution in [2.24, 2.45) is 5.92 Å². The molecule has 0 aliphatic heterocycles. The number of aromatic nitrogens is 2. The molecule has 122 valence electrons. The molecular weight excluding hydrogens is 282 g/mol. The van der Waals surface area contributed by atoms with E-state index in [9.17, 15) is 14.7 Å². The third kappa shape index (κ3) is 4.94. The molecular formula is C16H25N3O3. The maximum Gasteiger partial charge on any atom is 0.253 e. The van der Waals surface area contributed by atoms with Crippen molar-refractivity contribution in [2.75, 3.05) is 6.54 Å². The first-order valence-electron chi connectivity index (χ1n) is 8.14. The average Bonchev–Trinajstić information content (AvgIpc) is 2.48. The van der Waals surface area contributed by atoms with E-state index in [1.54, 1.807) is 0 Å². The fourth-order valence-electron chi connectivity index (χ4n) is 2.97. The minimum atomic E-state index is -0.941. The molecule has 1 unspecified atom stereocenters. The molecule has 1 aromatic heterocycles. The van der Waals surface area contributed by atoms with Crippen LogP contribution >= 0.6 is 0 Å². The van der Waals surface area contributed by atoms with Gasteiger partial charge in [0.15, 0.2) is 0 Å². The number of carbonyl (C=O) groups excluding carboxylic acids is 1. The van der Waals surface area contributed by atoms with E-state index in [2.05, 4.69) is 10.3 Å². The van der Waals surface area contributed by atoms with E-state index in [1.165, 1.54) is 42.4 Å². The van der Waals surface area contributed by atoms with Gasteiger partial charge in [0.2, 0.25) is 5.91 Å². The fraction of sp³-hybridized carbons (Fsp3) is 0.688. The molecule has 0 bridgehead atoms. The third-order valence-electron chi connectivity index (χ3n) is 4.31. The van der Waals surface area contributed by atoms with Crippen LogP contribution < -0.4 is 10.9 Å². The summed E-state index contributed by atoms with van der Waals surface area (Å²) in [5, 5.41) is 12.9. The van der Waals surface area contributed by atoms with E-state index in [0.29, 0.717) is 13.1 Å². The topological polar surface area (TPSA) is 84.2 Å². The molecule has 1 saturated carbocycles. The Morgan fingerprint density at radius 3 is 2.68 bits per heavy atom. The third-order valence-corrected chi connectivity index (χ3v) is 4.31. The zero-order valence-corrected chi connectivity index (χ0v) is 12.9. The summed E-state index contributed by atoms with van der Waals surface area (Å²) < 4.78 is 1.43. The standard InChI is InChI=1S/C16H25N3O3/c20-14-8-9-17-12-19(14)11-10-18-16(22)15(21)13-6-4-2-1-3-5-7-13/h8-9,12-13,15,21H,1-7,10-11H2,(H,18,22). The summed E-state index contributed by atoms with van der Waals surface area (Å²) in [5.74, 6) is -0.274. The average molecular weight is 307 g/mol. The summed E-state index contributed by atoms with van der Waals surface area (Å²) in [6.45, 7) is 0.671. The summed E-state index contributed by atoms with van der Waals surface area (Å²) >= 11 is 0. The molecule has 1 amide bonds. The van der Waals surface area contributed by atoms with Crippen LogP contribution in [0, 0.1) is 5.92 Å². The molecule has 0 aromatic carbocycles. The number of nitrogens with zero attached hydrogens (tertiary/aromatic N) is 2. The van der Waals surface area contributed by atoms with Gasteiger partial charge in [-0.25, -0.2) is 4.98 Å². The van der Waals surface area contributed by atoms with E-state index < -0.39 is 6.10 Å². The molecule has 2 N–H and O–H groups in total. The van der Waals surface area contributed by atoms with Crippen molar-refractivity contribution in [2.45, 2.75) is 57.6 Å². The van der Waals surface area contributed by atoms with Crippen LogP contribution in [0.2, 0.25) is 0 Å². The Bertz CT molecular complexity index is 521. The van der Waals surface area contributed by atoms with E-state index in [0.717, 1.165) is 25.7 Å². The predicted octanol–water partition coefficient (Wildman–Crippen LogP) is 1.08. The molecule has 6 heteroatoms. The van der Waals surface area contributed by atoms with Crippen LogP contribution in [0.15, 0.2) is 23.4 Å². The van der Waals surface area contributed by atoms with Crippen molar-refractivity contribution in [1.82, 2.24) is 14.9 Å². The number of aliphatic hydroxyl groups is 1. The van der Waals surface area contributed by atoms with Crippen molar-refractivity contribution in [3.05, 3.63) is 28.9 Å². The number of rotatable bonds is 5. The lowest BCUT2D eigenvalue weighted by Crippen LogP contribution is -2.41. The zero-order chi connectivity index (χ0) is 15.8. The number of nitrogens with one attached hydrogen (secondary N) is 1. The van der Waals surface area contributed by atoms with Crippen molar-refractivity contribution < 1.29 is 9.90 Å². The second-order valence-electron chi connectivity index (χ2n) is 5.95. The minimum Gasteiger partial charge on any atom is -0.383 e. The summed E-state index contributed by atoms with van der Waals surface area (Å²) in [4.78, 5) is 27.4. The summed E-state index contributed by atoms with van der Waals surface area (Å²) in [6, 6.07) is 1.38. The highest BCUT2D eigenvalue weighted by molar-refractivity contribution is 5.80. The monoisotopic (exact) mass is 307 g/mol. The van der Waals surface area contributed by atoms with Gasteiger partial charge in [0.05, 0.1) is 6.33 Å². The number of hydrogen-bond donors (Lipinski definition) is 2. The Hall–Kier alpha value is -1.69. The molecule has 1 heterocycles. The van der Waals surface area contributed by atoms with Gasteiger partial charge in [0.1, 0.15) is 6.10 Å². The second-order valence-corrected chi connectivity index (χ2v) is 5.95. The van der Waals surface area contributed by atoms with Gasteiger partial charge in [-0.15, -0.1) is 0 Å². The maximum atomic E-state index is 12.1. The highest BCUT2D eigenvalue weighted by Crippen LogP contribution is 2.24. The molecule has 1 aliphatic carbocycles. The number of aliphatic hydroxyl groups excluding tert-OH is 1. The Labute approximate surface area is 130 Å². The SMILES string of the molecule is O=C(NCCn1cnccc1=O)C(O)C1CCCCCCC1. The predicted molar refractivity (Wildman–Crippen MR) is 83.3 cm³/mol. The van der Waals surface area contributed by atoms with Gasteiger partial charge in [-0.2, -0.15) is 0 Å². The van der Waals surface area contributed by atoms with Gasteiger partial charge in [-0.3, -0.25) is 14.2 Å². The normalized spacial score (nSPS) is 18.2. The van der Waals surface area contributed by atoms with Gasteiger partial charge in [-0.1, -0.05) is 32.1 Å². The van der Waals surface area contributed by atoms with Gasteiger partial charge >= 0.3 is 0 Å². The van der Waals surface area contributed by atoms with Gasteiger partial charge < -0.3 is 10.4 Å². The van der Waals surface area contributed by atoms with Crippen LogP contribution in [0.5, 0.6) is 0 Å². The molecule has 2 rings (SSSR count). The van der Waals surface area contributed by atoms with Crippen LogP contribution in [0.1, 0.15) is 44.9 Å². The lowest BCUT2D eigenvalue weighted by Gasteiger charge is -2.24. The summed E-state index contributed by atoms with van der Waals surface area (Å²) in [6.07, 6.45) is 9.57. The maximum absolute atomic E-state index is 12.1. The fourth-order valence-corrected chi connectivity index (χ4v) is 2.97. The Morgan fingerprint density at radius 2 is 2.00 bits per heavy atom. The second kappa shape index (κ2) is 8.68. The molecule has 1 fully saturated rings. The smallest absolute Gasteiger partial charge is 0.253 e. The van der Waals surface area contributed by atoms with E-state index in [1.807, 2.05) is 0 Å². The van der Waals surface area contributed by atoms with Crippen LogP contribution in [-0.2, 0) is 11.3 Å². The molecule has 1 aromatic rings. The van der Waals surface area contributed by atoms with E-state index in [4.69, 9.17) is 0 Å². The molecule has 6 nitrogen and oxygen atoms in total. The van der Waals surface area contributed by atoms with Crippen molar-refractivity contribution in [3.8, 4) is 0 Å². The van der Waals surface area contributed by atoms with Crippen molar-refractivity contribution in [1.29, 1.82) is 0 Å². The number of amides is 1. The highest BCUT2D eigenvalue weighted by atomic mass is 16.3. The number of carbonyl (C=O) groups is 1. The lowest BCUT2D eigenvalue weighted by molar-refractivity contribution is -0.132. The van der Waals surface area contributed by atoms with Crippen LogP contribution in [0.4, 0.5) is 0 Å². The molecule has 0 saturated heterocycles. The first-order chi connectivity index (χ1) is 10.7. The largest absolute Gasteiger partial charge is 0.383 e. The molecule has 22 heavy (non-hydrogen) atoms. The Kier molecular flexibility index (Phi) is 6.58. The van der Waals surface area contributed by atoms with E-state index >= 15 is 0 Å². The van der Waals surface area contributed by atoms with E-state index in [-0.39, 0.29) is 17.4 Å². The van der Waals surface area contributed by atoms with Gasteiger partial charge in [0, 0.05) is 25.4 Å². The molecule has 0 spiro atoms. The quantitative estimate of drug-likeness (QED) is 0.852. The first-order valence-corrected chi connectivity index (χ1v) is 8.14. The Morgan fingerprint density at radius 1 is 1.32 bits per heavy atom. The van der Waals surface area contributed by atoms with Gasteiger partial charge in [0.25, 0.3) is 5.56 Å². The molecule has 0 radical (unpaired) electrons. The van der Waals surface area contributed by atoms with Crippen molar-refractivity contribution in [3.63, 3.8) is 0 Å². The van der Waals surface area contributed by atoms with Crippen LogP contribution in [0.25, 0.3) is 0 Å². The summed E-state index contributed by atoms with van der Waals surface area (Å²) in [5.41, 5.74) is -0.148. The first kappa shape index (κ1) is 16.7. The lowest BCUT2D eigenvalue weighted by atomic mass is 9.87. The highest BCUT2D eigenvalue weighted by Gasteiger charge is 2.25. The van der Waals surface area contributed by atoms with Gasteiger partial charge in [-0.05, 0) is 18.8 Å². The zero-order valence-electron chi connectivity index (χ0n) is 12.9. The van der Waals surface area contributed by atoms with Crippen molar-refractivity contribution >= 4 is 5.91 Å². The van der Waals surface area contributed by atoms with Crippen LogP contribution in [-0.4, -0.2) is 33.2 Å². The van der Waals surface area contributed by atoms with Crippen LogP contribution in [0.3, 0.4) is 0 Å². The molecule has 1 aliphatic rings. The number of hydrogen-bond acceptors (Lipinski definition) is 4.